The van der Waals surface area contributed by atoms with Crippen LogP contribution in [0.25, 0.3) is 0 Å². The van der Waals surface area contributed by atoms with E-state index in [1.54, 1.807) is 0 Å². The van der Waals surface area contributed by atoms with E-state index in [4.69, 9.17) is 4.74 Å². The average Bonchev–Trinajstić information content (AvgIpc) is 2.66. The molecule has 0 heterocycles. The smallest absolute Gasteiger partial charge is 0.325 e. The van der Waals surface area contributed by atoms with Crippen LogP contribution in [0, 0.1) is 0 Å². The fourth-order valence-electron chi connectivity index (χ4n) is 1.96. The summed E-state index contributed by atoms with van der Waals surface area (Å²) >= 11 is 0. The number of benzene rings is 1. The molecule has 1 rings (SSSR count). The molecule has 0 atom stereocenters. The van der Waals surface area contributed by atoms with E-state index in [2.05, 4.69) is 14.2 Å². The van der Waals surface area contributed by atoms with Gasteiger partial charge in [-0.15, -0.1) is 0 Å². The van der Waals surface area contributed by atoms with E-state index in [0.717, 1.165) is 19.1 Å². The molecule has 150 valence electrons. The van der Waals surface area contributed by atoms with E-state index in [1.807, 2.05) is 0 Å². The van der Waals surface area contributed by atoms with Crippen LogP contribution in [0.2, 0.25) is 0 Å². The first kappa shape index (κ1) is 22.5. The lowest BCUT2D eigenvalue weighted by Crippen LogP contribution is -2.40. The van der Waals surface area contributed by atoms with Gasteiger partial charge in [-0.25, -0.2) is 13.1 Å². The molecule has 0 radical (unpaired) electrons. The fourth-order valence-corrected chi connectivity index (χ4v) is 2.97. The van der Waals surface area contributed by atoms with Crippen molar-refractivity contribution in [1.29, 1.82) is 0 Å². The summed E-state index contributed by atoms with van der Waals surface area (Å²) in [5, 5.41) is 0. The second-order valence-corrected chi connectivity index (χ2v) is 7.00. The van der Waals surface area contributed by atoms with Gasteiger partial charge in [-0.2, -0.15) is 0 Å². The van der Waals surface area contributed by atoms with E-state index in [1.165, 1.54) is 31.4 Å². The van der Waals surface area contributed by atoms with Crippen LogP contribution in [0.3, 0.4) is 0 Å². The molecule has 0 spiro atoms. The highest BCUT2D eigenvalue weighted by Gasteiger charge is 2.23. The van der Waals surface area contributed by atoms with Crippen molar-refractivity contribution in [2.45, 2.75) is 4.90 Å². The maximum Gasteiger partial charge on any atom is 0.325 e. The number of carbonyl (C=O) groups excluding carboxylic acids is 3. The van der Waals surface area contributed by atoms with Crippen LogP contribution in [0.1, 0.15) is 10.4 Å². The third-order valence-corrected chi connectivity index (χ3v) is 4.87. The molecular formula is C16H22N2O8S. The third-order valence-electron chi connectivity index (χ3n) is 3.39. The Balaban J connectivity index is 2.96. The maximum atomic E-state index is 12.5. The highest BCUT2D eigenvalue weighted by molar-refractivity contribution is 7.89. The molecule has 0 saturated carbocycles. The molecular weight excluding hydrogens is 380 g/mol. The molecule has 10 nitrogen and oxygen atoms in total. The Labute approximate surface area is 157 Å². The molecule has 0 aliphatic heterocycles. The molecule has 11 heteroatoms. The minimum absolute atomic E-state index is 0.0392. The van der Waals surface area contributed by atoms with Crippen molar-refractivity contribution in [3.05, 3.63) is 29.8 Å². The van der Waals surface area contributed by atoms with Crippen molar-refractivity contribution in [1.82, 2.24) is 9.62 Å². The van der Waals surface area contributed by atoms with Crippen LogP contribution in [0.4, 0.5) is 0 Å². The van der Waals surface area contributed by atoms with E-state index in [9.17, 15) is 22.8 Å². The Morgan fingerprint density at radius 3 is 1.93 bits per heavy atom. The summed E-state index contributed by atoms with van der Waals surface area (Å²) in [5.74, 6) is -2.08. The zero-order valence-electron chi connectivity index (χ0n) is 15.3. The summed E-state index contributed by atoms with van der Waals surface area (Å²) in [7, 11) is 0.00756. The number of hydrogen-bond acceptors (Lipinski definition) is 8. The zero-order chi connectivity index (χ0) is 20.4. The topological polar surface area (TPSA) is 128 Å². The summed E-state index contributed by atoms with van der Waals surface area (Å²) in [5.41, 5.74) is 0.0960. The molecule has 27 heavy (non-hydrogen) atoms. The lowest BCUT2D eigenvalue weighted by molar-refractivity contribution is -0.144. The number of nitrogens with one attached hydrogen (secondary N) is 1. The van der Waals surface area contributed by atoms with Crippen LogP contribution in [-0.2, 0) is 33.8 Å². The molecule has 0 aliphatic carbocycles. The first-order valence-electron chi connectivity index (χ1n) is 7.76. The number of esters is 2. The highest BCUT2D eigenvalue weighted by Crippen LogP contribution is 2.12. The molecule has 1 aromatic rings. The maximum absolute atomic E-state index is 12.5. The van der Waals surface area contributed by atoms with Gasteiger partial charge in [-0.3, -0.25) is 14.4 Å². The van der Waals surface area contributed by atoms with Gasteiger partial charge in [-0.1, -0.05) is 0 Å². The number of hydrogen-bond donors (Lipinski definition) is 1. The van der Waals surface area contributed by atoms with Gasteiger partial charge in [0.1, 0.15) is 13.1 Å². The van der Waals surface area contributed by atoms with Gasteiger partial charge in [0.15, 0.2) is 0 Å². The predicted octanol–water partition coefficient (Wildman–Crippen LogP) is -0.600. The Kier molecular flexibility index (Phi) is 8.85. The highest BCUT2D eigenvalue weighted by atomic mass is 32.2. The summed E-state index contributed by atoms with van der Waals surface area (Å²) < 4.78 is 40.4. The predicted molar refractivity (Wildman–Crippen MR) is 93.4 cm³/mol. The second kappa shape index (κ2) is 10.6. The largest absolute Gasteiger partial charge is 0.468 e. The van der Waals surface area contributed by atoms with Crippen LogP contribution in [0.15, 0.2) is 29.2 Å². The zero-order valence-corrected chi connectivity index (χ0v) is 16.1. The number of amides is 1. The standard InChI is InChI=1S/C16H22N2O8S/c1-24-9-8-17-27(22,23)13-6-4-12(5-7-13)16(21)18(10-14(19)25-2)11-15(20)26-3/h4-7,17H,8-11H2,1-3H3. The minimum Gasteiger partial charge on any atom is -0.468 e. The molecule has 0 bridgehead atoms. The molecule has 0 unspecified atom stereocenters. The number of methoxy groups -OCH3 is 3. The van der Waals surface area contributed by atoms with Crippen molar-refractivity contribution in [2.75, 3.05) is 47.6 Å². The summed E-state index contributed by atoms with van der Waals surface area (Å²) in [6, 6.07) is 5.07. The fraction of sp³-hybridized carbons (Fsp3) is 0.438. The van der Waals surface area contributed by atoms with Crippen LogP contribution < -0.4 is 4.72 Å². The minimum atomic E-state index is -3.74. The quantitative estimate of drug-likeness (QED) is 0.406. The van der Waals surface area contributed by atoms with Crippen molar-refractivity contribution in [3.8, 4) is 0 Å². The van der Waals surface area contributed by atoms with Gasteiger partial charge in [-0.05, 0) is 24.3 Å². The summed E-state index contributed by atoms with van der Waals surface area (Å²) in [6.07, 6.45) is 0. The number of sulfonamides is 1. The Morgan fingerprint density at radius 1 is 0.963 bits per heavy atom. The lowest BCUT2D eigenvalue weighted by atomic mass is 10.2. The Morgan fingerprint density at radius 2 is 1.48 bits per heavy atom. The first-order chi connectivity index (χ1) is 12.7. The van der Waals surface area contributed by atoms with Crippen LogP contribution >= 0.6 is 0 Å². The van der Waals surface area contributed by atoms with Crippen molar-refractivity contribution in [3.63, 3.8) is 0 Å². The number of nitrogens with zero attached hydrogens (tertiary/aromatic N) is 1. The van der Waals surface area contributed by atoms with Crippen LogP contribution in [-0.4, -0.2) is 78.7 Å². The molecule has 1 N–H and O–H groups in total. The first-order valence-corrected chi connectivity index (χ1v) is 9.25. The summed E-state index contributed by atoms with van der Waals surface area (Å²) in [4.78, 5) is 36.4. The molecule has 0 aromatic heterocycles. The van der Waals surface area contributed by atoms with Gasteiger partial charge in [0, 0.05) is 19.2 Å². The Bertz CT molecular complexity index is 743. The van der Waals surface area contributed by atoms with Gasteiger partial charge < -0.3 is 19.1 Å². The second-order valence-electron chi connectivity index (χ2n) is 5.23. The monoisotopic (exact) mass is 402 g/mol. The van der Waals surface area contributed by atoms with Crippen LogP contribution in [0.5, 0.6) is 0 Å². The molecule has 0 saturated heterocycles. The summed E-state index contributed by atoms with van der Waals surface area (Å²) in [6.45, 7) is -0.594. The SMILES string of the molecule is COCCNS(=O)(=O)c1ccc(C(=O)N(CC(=O)OC)CC(=O)OC)cc1. The van der Waals surface area contributed by atoms with Crippen molar-refractivity contribution < 1.29 is 37.0 Å². The molecule has 0 aliphatic rings. The lowest BCUT2D eigenvalue weighted by Gasteiger charge is -2.20. The van der Waals surface area contributed by atoms with E-state index in [-0.39, 0.29) is 23.6 Å². The molecule has 0 fully saturated rings. The van der Waals surface area contributed by atoms with E-state index < -0.39 is 41.0 Å². The number of carbonyl (C=O) groups is 3. The third kappa shape index (κ3) is 6.96. The van der Waals surface area contributed by atoms with Gasteiger partial charge >= 0.3 is 11.9 Å². The average molecular weight is 402 g/mol. The molecule has 1 amide bonds. The molecule has 1 aromatic carbocycles. The van der Waals surface area contributed by atoms with Gasteiger partial charge in [0.2, 0.25) is 10.0 Å². The van der Waals surface area contributed by atoms with Gasteiger partial charge in [0.25, 0.3) is 5.91 Å². The van der Waals surface area contributed by atoms with E-state index in [0.29, 0.717) is 0 Å². The van der Waals surface area contributed by atoms with Crippen molar-refractivity contribution in [2.24, 2.45) is 0 Å². The van der Waals surface area contributed by atoms with Gasteiger partial charge in [0.05, 0.1) is 25.7 Å². The normalized spacial score (nSPS) is 10.9. The number of rotatable bonds is 10. The van der Waals surface area contributed by atoms with E-state index >= 15 is 0 Å². The Hall–Kier alpha value is -2.50. The van der Waals surface area contributed by atoms with Crippen molar-refractivity contribution >= 4 is 27.9 Å². The number of ether oxygens (including phenoxy) is 3.